The van der Waals surface area contributed by atoms with Crippen LogP contribution in [0.25, 0.3) is 0 Å². The van der Waals surface area contributed by atoms with Crippen LogP contribution in [0, 0.1) is 0 Å². The number of nitrogens with zero attached hydrogens (tertiary/aromatic N) is 2. The van der Waals surface area contributed by atoms with Crippen molar-refractivity contribution in [2.75, 3.05) is 25.4 Å². The third-order valence-electron chi connectivity index (χ3n) is 3.70. The molecular weight excluding hydrogens is 337 g/mol. The monoisotopic (exact) mass is 351 g/mol. The number of pyridine rings is 1. The van der Waals surface area contributed by atoms with E-state index in [9.17, 15) is 4.79 Å². The van der Waals surface area contributed by atoms with Gasteiger partial charge in [-0.1, -0.05) is 29.3 Å². The Morgan fingerprint density at radius 2 is 2.09 bits per heavy atom. The standard InChI is InChI=1S/C16H15Cl2N3O2/c17-12-3-1-10(7-13(12)18)14-9-21(5-6-23-14)16(22)11-2-4-15(19)20-8-11/h1-4,7-8,14H,5-6,9H2,(H2,19,20)/t14-/m1/s1. The van der Waals surface area contributed by atoms with E-state index in [-0.39, 0.29) is 12.0 Å². The van der Waals surface area contributed by atoms with Gasteiger partial charge in [-0.25, -0.2) is 4.98 Å². The summed E-state index contributed by atoms with van der Waals surface area (Å²) in [5.74, 6) is 0.295. The fourth-order valence-corrected chi connectivity index (χ4v) is 2.77. The maximum absolute atomic E-state index is 12.6. The number of hydrogen-bond donors (Lipinski definition) is 1. The van der Waals surface area contributed by atoms with Gasteiger partial charge in [-0.3, -0.25) is 4.79 Å². The van der Waals surface area contributed by atoms with Gasteiger partial charge in [0, 0.05) is 12.7 Å². The fourth-order valence-electron chi connectivity index (χ4n) is 2.46. The van der Waals surface area contributed by atoms with Crippen molar-refractivity contribution < 1.29 is 9.53 Å². The molecule has 0 bridgehead atoms. The lowest BCUT2D eigenvalue weighted by Gasteiger charge is -2.33. The molecule has 0 spiro atoms. The van der Waals surface area contributed by atoms with E-state index >= 15 is 0 Å². The van der Waals surface area contributed by atoms with Crippen LogP contribution in [0.5, 0.6) is 0 Å². The molecule has 1 aliphatic rings. The summed E-state index contributed by atoms with van der Waals surface area (Å²) in [6.45, 7) is 1.43. The highest BCUT2D eigenvalue weighted by Crippen LogP contribution is 2.29. The van der Waals surface area contributed by atoms with E-state index in [4.69, 9.17) is 33.7 Å². The van der Waals surface area contributed by atoms with Gasteiger partial charge >= 0.3 is 0 Å². The Morgan fingerprint density at radius 1 is 1.26 bits per heavy atom. The molecule has 1 atom stereocenters. The molecule has 7 heteroatoms. The molecule has 0 radical (unpaired) electrons. The van der Waals surface area contributed by atoms with E-state index in [0.717, 1.165) is 5.56 Å². The first-order chi connectivity index (χ1) is 11.0. The summed E-state index contributed by atoms with van der Waals surface area (Å²) in [5, 5.41) is 0.964. The summed E-state index contributed by atoms with van der Waals surface area (Å²) < 4.78 is 5.76. The summed E-state index contributed by atoms with van der Waals surface area (Å²) in [6.07, 6.45) is 1.26. The number of rotatable bonds is 2. The minimum Gasteiger partial charge on any atom is -0.384 e. The lowest BCUT2D eigenvalue weighted by molar-refractivity contribution is -0.0228. The number of carbonyl (C=O) groups excluding carboxylic acids is 1. The number of hydrogen-bond acceptors (Lipinski definition) is 4. The number of morpholine rings is 1. The number of nitrogens with two attached hydrogens (primary N) is 1. The second-order valence-electron chi connectivity index (χ2n) is 5.26. The average Bonchev–Trinajstić information content (AvgIpc) is 2.57. The molecule has 2 aromatic rings. The Labute approximate surface area is 144 Å². The van der Waals surface area contributed by atoms with Crippen molar-refractivity contribution in [2.24, 2.45) is 0 Å². The largest absolute Gasteiger partial charge is 0.384 e. The Bertz CT molecular complexity index is 722. The average molecular weight is 352 g/mol. The first-order valence-electron chi connectivity index (χ1n) is 7.12. The van der Waals surface area contributed by atoms with E-state index in [1.807, 2.05) is 6.07 Å². The van der Waals surface area contributed by atoms with Gasteiger partial charge in [-0.05, 0) is 29.8 Å². The van der Waals surface area contributed by atoms with Crippen LogP contribution in [0.15, 0.2) is 36.5 Å². The summed E-state index contributed by atoms with van der Waals surface area (Å²) in [7, 11) is 0. The van der Waals surface area contributed by atoms with Crippen molar-refractivity contribution in [1.29, 1.82) is 0 Å². The highest BCUT2D eigenvalue weighted by Gasteiger charge is 2.26. The smallest absolute Gasteiger partial charge is 0.255 e. The highest BCUT2D eigenvalue weighted by atomic mass is 35.5. The molecule has 1 aliphatic heterocycles. The minimum atomic E-state index is -0.232. The molecule has 1 amide bonds. The van der Waals surface area contributed by atoms with E-state index in [1.165, 1.54) is 6.20 Å². The molecule has 1 aromatic carbocycles. The van der Waals surface area contributed by atoms with Crippen molar-refractivity contribution in [2.45, 2.75) is 6.10 Å². The first kappa shape index (κ1) is 16.1. The second-order valence-corrected chi connectivity index (χ2v) is 6.07. The van der Waals surface area contributed by atoms with E-state index in [0.29, 0.717) is 41.1 Å². The molecule has 120 valence electrons. The van der Waals surface area contributed by atoms with E-state index < -0.39 is 0 Å². The van der Waals surface area contributed by atoms with Gasteiger partial charge in [0.1, 0.15) is 11.9 Å². The van der Waals surface area contributed by atoms with Crippen LogP contribution >= 0.6 is 23.2 Å². The van der Waals surface area contributed by atoms with Gasteiger partial charge in [-0.15, -0.1) is 0 Å². The van der Waals surface area contributed by atoms with Gasteiger partial charge in [0.25, 0.3) is 5.91 Å². The SMILES string of the molecule is Nc1ccc(C(=O)N2CCO[C@@H](c3ccc(Cl)c(Cl)c3)C2)cn1. The third kappa shape index (κ3) is 3.58. The molecule has 2 heterocycles. The van der Waals surface area contributed by atoms with Crippen LogP contribution in [-0.2, 0) is 4.74 Å². The molecule has 1 aromatic heterocycles. The molecule has 1 fully saturated rings. The third-order valence-corrected chi connectivity index (χ3v) is 4.44. The van der Waals surface area contributed by atoms with E-state index in [1.54, 1.807) is 29.2 Å². The quantitative estimate of drug-likeness (QED) is 0.901. The van der Waals surface area contributed by atoms with Crippen LogP contribution in [0.2, 0.25) is 10.0 Å². The van der Waals surface area contributed by atoms with Crippen molar-refractivity contribution in [3.8, 4) is 0 Å². The number of anilines is 1. The van der Waals surface area contributed by atoms with Crippen LogP contribution in [0.3, 0.4) is 0 Å². The van der Waals surface area contributed by atoms with Crippen molar-refractivity contribution in [3.63, 3.8) is 0 Å². The summed E-state index contributed by atoms with van der Waals surface area (Å²) in [6, 6.07) is 8.65. The van der Waals surface area contributed by atoms with Crippen molar-refractivity contribution in [3.05, 3.63) is 57.7 Å². The number of ether oxygens (including phenoxy) is 1. The Kier molecular flexibility index (Phi) is 4.71. The zero-order valence-corrected chi connectivity index (χ0v) is 13.7. The first-order valence-corrected chi connectivity index (χ1v) is 7.87. The molecule has 0 saturated carbocycles. The zero-order valence-electron chi connectivity index (χ0n) is 12.2. The number of nitrogen functional groups attached to an aromatic ring is 1. The second kappa shape index (κ2) is 6.74. The number of aromatic nitrogens is 1. The molecule has 0 unspecified atom stereocenters. The Hall–Kier alpha value is -1.82. The van der Waals surface area contributed by atoms with Crippen molar-refractivity contribution >= 4 is 34.9 Å². The maximum Gasteiger partial charge on any atom is 0.255 e. The summed E-state index contributed by atoms with van der Waals surface area (Å²) in [4.78, 5) is 18.3. The topological polar surface area (TPSA) is 68.5 Å². The van der Waals surface area contributed by atoms with Gasteiger partial charge in [0.05, 0.1) is 28.8 Å². The molecule has 5 nitrogen and oxygen atoms in total. The van der Waals surface area contributed by atoms with Crippen LogP contribution in [0.1, 0.15) is 22.0 Å². The van der Waals surface area contributed by atoms with Crippen LogP contribution in [0.4, 0.5) is 5.82 Å². The van der Waals surface area contributed by atoms with Crippen LogP contribution < -0.4 is 5.73 Å². The highest BCUT2D eigenvalue weighted by molar-refractivity contribution is 6.42. The van der Waals surface area contributed by atoms with Gasteiger partial charge in [0.2, 0.25) is 0 Å². The fraction of sp³-hybridized carbons (Fsp3) is 0.250. The molecule has 3 rings (SSSR count). The molecule has 0 aliphatic carbocycles. The lowest BCUT2D eigenvalue weighted by atomic mass is 10.1. The van der Waals surface area contributed by atoms with Gasteiger partial charge in [0.15, 0.2) is 0 Å². The Balaban J connectivity index is 1.76. The summed E-state index contributed by atoms with van der Waals surface area (Å²) in [5.41, 5.74) is 6.95. The van der Waals surface area contributed by atoms with Gasteiger partial charge in [-0.2, -0.15) is 0 Å². The number of benzene rings is 1. The Morgan fingerprint density at radius 3 is 2.78 bits per heavy atom. The predicted octanol–water partition coefficient (Wildman–Crippen LogP) is 3.18. The van der Waals surface area contributed by atoms with Crippen LogP contribution in [-0.4, -0.2) is 35.5 Å². The molecule has 2 N–H and O–H groups in total. The lowest BCUT2D eigenvalue weighted by Crippen LogP contribution is -2.42. The predicted molar refractivity (Wildman–Crippen MR) is 89.7 cm³/mol. The van der Waals surface area contributed by atoms with E-state index in [2.05, 4.69) is 4.98 Å². The minimum absolute atomic E-state index is 0.0918. The molecular formula is C16H15Cl2N3O2. The van der Waals surface area contributed by atoms with Crippen molar-refractivity contribution in [1.82, 2.24) is 9.88 Å². The maximum atomic E-state index is 12.6. The summed E-state index contributed by atoms with van der Waals surface area (Å²) >= 11 is 12.0. The number of amides is 1. The van der Waals surface area contributed by atoms with Gasteiger partial charge < -0.3 is 15.4 Å². The number of halogens is 2. The normalized spacial score (nSPS) is 18.0. The molecule has 23 heavy (non-hydrogen) atoms. The zero-order chi connectivity index (χ0) is 16.4. The number of carbonyl (C=O) groups is 1. The molecule has 1 saturated heterocycles.